The zero-order valence-corrected chi connectivity index (χ0v) is 14.9. The number of halogens is 1. The maximum Gasteiger partial charge on any atom is 0.233 e. The monoisotopic (exact) mass is 348 g/mol. The van der Waals surface area contributed by atoms with Crippen LogP contribution in [0.2, 0.25) is 0 Å². The van der Waals surface area contributed by atoms with Gasteiger partial charge in [0.2, 0.25) is 5.91 Å². The summed E-state index contributed by atoms with van der Waals surface area (Å²) in [4.78, 5) is 14.9. The van der Waals surface area contributed by atoms with E-state index in [1.165, 1.54) is 6.42 Å². The van der Waals surface area contributed by atoms with Gasteiger partial charge in [-0.1, -0.05) is 18.2 Å². The lowest BCUT2D eigenvalue weighted by Crippen LogP contribution is -2.45. The zero-order valence-electron chi connectivity index (χ0n) is 14.1. The molecule has 0 aliphatic carbocycles. The summed E-state index contributed by atoms with van der Waals surface area (Å²) in [6, 6.07) is 9.94. The SMILES string of the molecule is CC(C(=O)N1CCC2(CCNC2)CC1)c1cc2ccccc2o1.Cl. The molecule has 1 aromatic carbocycles. The van der Waals surface area contributed by atoms with E-state index in [9.17, 15) is 4.79 Å². The highest BCUT2D eigenvalue weighted by Gasteiger charge is 2.39. The van der Waals surface area contributed by atoms with Gasteiger partial charge in [0.15, 0.2) is 0 Å². The van der Waals surface area contributed by atoms with Gasteiger partial charge in [0.05, 0.1) is 5.92 Å². The Hall–Kier alpha value is -1.52. The molecule has 0 radical (unpaired) electrons. The van der Waals surface area contributed by atoms with Crippen LogP contribution in [0.3, 0.4) is 0 Å². The molecule has 4 nitrogen and oxygen atoms in total. The second kappa shape index (κ2) is 6.77. The summed E-state index contributed by atoms with van der Waals surface area (Å²) >= 11 is 0. The Morgan fingerprint density at radius 1 is 1.25 bits per heavy atom. The molecule has 24 heavy (non-hydrogen) atoms. The molecule has 2 saturated heterocycles. The van der Waals surface area contributed by atoms with Crippen molar-refractivity contribution in [2.24, 2.45) is 5.41 Å². The number of nitrogens with one attached hydrogen (secondary N) is 1. The molecule has 3 heterocycles. The van der Waals surface area contributed by atoms with Crippen molar-refractivity contribution in [1.82, 2.24) is 10.2 Å². The van der Waals surface area contributed by atoms with Crippen molar-refractivity contribution < 1.29 is 9.21 Å². The van der Waals surface area contributed by atoms with Gasteiger partial charge in [-0.15, -0.1) is 12.4 Å². The van der Waals surface area contributed by atoms with E-state index in [1.807, 2.05) is 42.2 Å². The fourth-order valence-electron chi connectivity index (χ4n) is 4.04. The summed E-state index contributed by atoms with van der Waals surface area (Å²) in [6.45, 7) is 5.97. The van der Waals surface area contributed by atoms with Crippen LogP contribution in [-0.4, -0.2) is 37.0 Å². The summed E-state index contributed by atoms with van der Waals surface area (Å²) in [5.74, 6) is 0.766. The summed E-state index contributed by atoms with van der Waals surface area (Å²) in [6.07, 6.45) is 3.51. The topological polar surface area (TPSA) is 45.5 Å². The van der Waals surface area contributed by atoms with Gasteiger partial charge in [-0.3, -0.25) is 4.79 Å². The molecule has 5 heteroatoms. The maximum absolute atomic E-state index is 12.8. The lowest BCUT2D eigenvalue weighted by atomic mass is 9.77. The highest BCUT2D eigenvalue weighted by atomic mass is 35.5. The number of piperidine rings is 1. The van der Waals surface area contributed by atoms with Gasteiger partial charge in [-0.2, -0.15) is 0 Å². The summed E-state index contributed by atoms with van der Waals surface area (Å²) in [5, 5.41) is 4.54. The maximum atomic E-state index is 12.8. The second-order valence-corrected chi connectivity index (χ2v) is 7.16. The Morgan fingerprint density at radius 2 is 2.00 bits per heavy atom. The molecule has 2 fully saturated rings. The smallest absolute Gasteiger partial charge is 0.233 e. The summed E-state index contributed by atoms with van der Waals surface area (Å²) < 4.78 is 5.88. The molecule has 2 aliphatic heterocycles. The number of carbonyl (C=O) groups excluding carboxylic acids is 1. The van der Waals surface area contributed by atoms with Crippen molar-refractivity contribution >= 4 is 29.3 Å². The zero-order chi connectivity index (χ0) is 15.9. The van der Waals surface area contributed by atoms with Crippen molar-refractivity contribution in [3.05, 3.63) is 36.1 Å². The number of fused-ring (bicyclic) bond motifs is 1. The third kappa shape index (κ3) is 3.05. The first-order valence-electron chi connectivity index (χ1n) is 8.65. The van der Waals surface area contributed by atoms with Crippen LogP contribution in [0.5, 0.6) is 0 Å². The highest BCUT2D eigenvalue weighted by Crippen LogP contribution is 2.37. The van der Waals surface area contributed by atoms with E-state index in [4.69, 9.17) is 4.42 Å². The first-order chi connectivity index (χ1) is 11.2. The van der Waals surface area contributed by atoms with Crippen LogP contribution in [0.4, 0.5) is 0 Å². The molecule has 1 amide bonds. The Morgan fingerprint density at radius 3 is 2.67 bits per heavy atom. The van der Waals surface area contributed by atoms with Crippen molar-refractivity contribution in [3.63, 3.8) is 0 Å². The van der Waals surface area contributed by atoms with Gasteiger partial charge < -0.3 is 14.6 Å². The van der Waals surface area contributed by atoms with E-state index in [2.05, 4.69) is 5.32 Å². The van der Waals surface area contributed by atoms with Gasteiger partial charge in [-0.05, 0) is 50.3 Å². The third-order valence-electron chi connectivity index (χ3n) is 5.71. The van der Waals surface area contributed by atoms with Crippen LogP contribution in [0.1, 0.15) is 37.9 Å². The first kappa shape index (κ1) is 17.3. The standard InChI is InChI=1S/C19H24N2O2.ClH/c1-14(17-12-15-4-2-3-5-16(15)23-17)18(22)21-10-7-19(8-11-21)6-9-20-13-19;/h2-5,12,14,20H,6-11,13H2,1H3;1H. The number of furan rings is 1. The molecule has 1 unspecified atom stereocenters. The van der Waals surface area contributed by atoms with Crippen LogP contribution >= 0.6 is 12.4 Å². The first-order valence-corrected chi connectivity index (χ1v) is 8.65. The molecule has 2 aliphatic rings. The fraction of sp³-hybridized carbons (Fsp3) is 0.526. The third-order valence-corrected chi connectivity index (χ3v) is 5.71. The molecule has 130 valence electrons. The van der Waals surface area contributed by atoms with Gasteiger partial charge in [0, 0.05) is 25.0 Å². The Bertz CT molecular complexity index is 678. The van der Waals surface area contributed by atoms with E-state index in [-0.39, 0.29) is 24.2 Å². The molecule has 0 saturated carbocycles. The van der Waals surface area contributed by atoms with E-state index >= 15 is 0 Å². The van der Waals surface area contributed by atoms with Crippen LogP contribution in [0.15, 0.2) is 34.7 Å². The molecule has 2 aromatic rings. The molecular weight excluding hydrogens is 324 g/mol. The largest absolute Gasteiger partial charge is 0.460 e. The minimum atomic E-state index is -0.210. The minimum absolute atomic E-state index is 0. The fourth-order valence-corrected chi connectivity index (χ4v) is 4.04. The van der Waals surface area contributed by atoms with Gasteiger partial charge in [0.25, 0.3) is 0 Å². The Labute approximate surface area is 149 Å². The van der Waals surface area contributed by atoms with Crippen molar-refractivity contribution in [3.8, 4) is 0 Å². The average molecular weight is 349 g/mol. The lowest BCUT2D eigenvalue weighted by molar-refractivity contribution is -0.135. The van der Waals surface area contributed by atoms with Gasteiger partial charge in [0.1, 0.15) is 11.3 Å². The summed E-state index contributed by atoms with van der Waals surface area (Å²) in [5.41, 5.74) is 1.30. The van der Waals surface area contributed by atoms with Crippen LogP contribution in [-0.2, 0) is 4.79 Å². The molecule has 1 aromatic heterocycles. The number of likely N-dealkylation sites (tertiary alicyclic amines) is 1. The van der Waals surface area contributed by atoms with Gasteiger partial charge >= 0.3 is 0 Å². The number of benzene rings is 1. The number of amides is 1. The predicted molar refractivity (Wildman–Crippen MR) is 97.6 cm³/mol. The number of carbonyl (C=O) groups is 1. The predicted octanol–water partition coefficient (Wildman–Crippen LogP) is 3.56. The number of hydrogen-bond acceptors (Lipinski definition) is 3. The van der Waals surface area contributed by atoms with Crippen LogP contribution < -0.4 is 5.32 Å². The molecule has 0 bridgehead atoms. The number of rotatable bonds is 2. The van der Waals surface area contributed by atoms with Crippen molar-refractivity contribution in [2.75, 3.05) is 26.2 Å². The number of nitrogens with zero attached hydrogens (tertiary/aromatic N) is 1. The van der Waals surface area contributed by atoms with E-state index in [0.29, 0.717) is 5.41 Å². The number of hydrogen-bond donors (Lipinski definition) is 1. The number of para-hydroxylation sites is 1. The molecular formula is C19H25ClN2O2. The Balaban J connectivity index is 0.00000169. The van der Waals surface area contributed by atoms with E-state index < -0.39 is 0 Å². The van der Waals surface area contributed by atoms with E-state index in [0.717, 1.165) is 55.8 Å². The lowest BCUT2D eigenvalue weighted by Gasteiger charge is -2.39. The normalized spacial score (nSPS) is 21.0. The van der Waals surface area contributed by atoms with Gasteiger partial charge in [-0.25, -0.2) is 0 Å². The molecule has 1 spiro atoms. The van der Waals surface area contributed by atoms with E-state index in [1.54, 1.807) is 0 Å². The minimum Gasteiger partial charge on any atom is -0.460 e. The van der Waals surface area contributed by atoms with Crippen molar-refractivity contribution in [1.29, 1.82) is 0 Å². The highest BCUT2D eigenvalue weighted by molar-refractivity contribution is 5.86. The van der Waals surface area contributed by atoms with Crippen LogP contribution in [0, 0.1) is 5.41 Å². The van der Waals surface area contributed by atoms with Crippen molar-refractivity contribution in [2.45, 2.75) is 32.1 Å². The Kier molecular flexibility index (Phi) is 4.88. The summed E-state index contributed by atoms with van der Waals surface area (Å²) in [7, 11) is 0. The second-order valence-electron chi connectivity index (χ2n) is 7.16. The quantitative estimate of drug-likeness (QED) is 0.902. The average Bonchev–Trinajstić information content (AvgIpc) is 3.21. The molecule has 4 rings (SSSR count). The molecule has 1 N–H and O–H groups in total. The van der Waals surface area contributed by atoms with Crippen LogP contribution in [0.25, 0.3) is 11.0 Å². The molecule has 1 atom stereocenters.